The second-order valence-electron chi connectivity index (χ2n) is 4.29. The van der Waals surface area contributed by atoms with E-state index in [2.05, 4.69) is 15.3 Å². The van der Waals surface area contributed by atoms with Crippen molar-refractivity contribution in [3.05, 3.63) is 52.9 Å². The summed E-state index contributed by atoms with van der Waals surface area (Å²) in [5.74, 6) is -1.09. The van der Waals surface area contributed by atoms with Crippen molar-refractivity contribution in [1.82, 2.24) is 20.0 Å². The molecule has 0 fully saturated rings. The van der Waals surface area contributed by atoms with Crippen molar-refractivity contribution >= 4 is 28.5 Å². The summed E-state index contributed by atoms with van der Waals surface area (Å²) in [6, 6.07) is 7.56. The largest absolute Gasteiger partial charge is 0.476 e. The summed E-state index contributed by atoms with van der Waals surface area (Å²) >= 11 is 5.91. The fourth-order valence-corrected chi connectivity index (χ4v) is 2.08. The molecule has 3 aromatic rings. The number of fused-ring (bicyclic) bond motifs is 1. The normalized spacial score (nSPS) is 10.8. The van der Waals surface area contributed by atoms with Crippen molar-refractivity contribution in [2.45, 2.75) is 6.54 Å². The Morgan fingerprint density at radius 3 is 2.95 bits per heavy atom. The lowest BCUT2D eigenvalue weighted by atomic mass is 10.1. The van der Waals surface area contributed by atoms with E-state index in [0.717, 1.165) is 16.5 Å². The molecule has 0 spiro atoms. The first-order valence-corrected chi connectivity index (χ1v) is 6.17. The van der Waals surface area contributed by atoms with Gasteiger partial charge in [-0.3, -0.25) is 4.98 Å². The van der Waals surface area contributed by atoms with Crippen molar-refractivity contribution in [3.8, 4) is 0 Å². The molecule has 1 N–H and O–H groups in total. The highest BCUT2D eigenvalue weighted by atomic mass is 35.5. The summed E-state index contributed by atoms with van der Waals surface area (Å²) < 4.78 is 1.47. The predicted molar refractivity (Wildman–Crippen MR) is 72.8 cm³/mol. The number of carboxylic acid groups (broad SMARTS) is 1. The zero-order chi connectivity index (χ0) is 14.1. The van der Waals surface area contributed by atoms with Crippen molar-refractivity contribution in [3.63, 3.8) is 0 Å². The van der Waals surface area contributed by atoms with Crippen molar-refractivity contribution < 1.29 is 9.90 Å². The van der Waals surface area contributed by atoms with Crippen LogP contribution in [0.2, 0.25) is 5.02 Å². The minimum absolute atomic E-state index is 0.0736. The number of halogens is 1. The Labute approximate surface area is 118 Å². The second kappa shape index (κ2) is 4.90. The summed E-state index contributed by atoms with van der Waals surface area (Å²) in [4.78, 5) is 15.0. The lowest BCUT2D eigenvalue weighted by Gasteiger charge is -2.03. The van der Waals surface area contributed by atoms with Crippen molar-refractivity contribution in [2.24, 2.45) is 0 Å². The highest BCUT2D eigenvalue weighted by molar-refractivity contribution is 6.31. The topological polar surface area (TPSA) is 80.9 Å². The fourth-order valence-electron chi connectivity index (χ4n) is 1.91. The quantitative estimate of drug-likeness (QED) is 0.799. The molecule has 0 radical (unpaired) electrons. The predicted octanol–water partition coefficient (Wildman–Crippen LogP) is 2.23. The molecule has 0 atom stereocenters. The first-order chi connectivity index (χ1) is 9.61. The maximum absolute atomic E-state index is 10.7. The molecule has 2 heterocycles. The molecule has 20 heavy (non-hydrogen) atoms. The van der Waals surface area contributed by atoms with Gasteiger partial charge in [0.2, 0.25) is 0 Å². The van der Waals surface area contributed by atoms with E-state index in [9.17, 15) is 4.79 Å². The standard InChI is InChI=1S/C13H9ClN4O2/c14-10-4-9-3-8(1-2-11(9)15-5-10)6-18-7-12(13(19)20)16-17-18/h1-5,7H,6H2,(H,19,20). The average molecular weight is 289 g/mol. The maximum atomic E-state index is 10.7. The molecule has 0 aliphatic carbocycles. The number of hydrogen-bond donors (Lipinski definition) is 1. The molecule has 0 aliphatic rings. The third-order valence-electron chi connectivity index (χ3n) is 2.81. The van der Waals surface area contributed by atoms with Crippen LogP contribution in [0.4, 0.5) is 0 Å². The number of aromatic nitrogens is 4. The number of nitrogens with zero attached hydrogens (tertiary/aromatic N) is 4. The van der Waals surface area contributed by atoms with E-state index in [-0.39, 0.29) is 5.69 Å². The van der Waals surface area contributed by atoms with Gasteiger partial charge in [-0.25, -0.2) is 9.48 Å². The Bertz CT molecular complexity index is 800. The molecular formula is C13H9ClN4O2. The van der Waals surface area contributed by atoms with Crippen LogP contribution in [0.5, 0.6) is 0 Å². The highest BCUT2D eigenvalue weighted by Crippen LogP contribution is 2.18. The van der Waals surface area contributed by atoms with E-state index in [1.165, 1.54) is 10.9 Å². The minimum atomic E-state index is -1.09. The number of carbonyl (C=O) groups is 1. The van der Waals surface area contributed by atoms with Crippen LogP contribution in [-0.4, -0.2) is 31.1 Å². The number of carboxylic acids is 1. The molecule has 0 unspecified atom stereocenters. The van der Waals surface area contributed by atoms with Gasteiger partial charge >= 0.3 is 5.97 Å². The summed E-state index contributed by atoms with van der Waals surface area (Å²) in [6.07, 6.45) is 2.99. The zero-order valence-corrected chi connectivity index (χ0v) is 10.9. The third-order valence-corrected chi connectivity index (χ3v) is 3.02. The molecule has 0 saturated carbocycles. The Morgan fingerprint density at radius 2 is 2.20 bits per heavy atom. The van der Waals surface area contributed by atoms with E-state index >= 15 is 0 Å². The van der Waals surface area contributed by atoms with Gasteiger partial charge in [-0.1, -0.05) is 22.9 Å². The molecule has 0 saturated heterocycles. The molecule has 6 nitrogen and oxygen atoms in total. The van der Waals surface area contributed by atoms with Gasteiger partial charge in [0, 0.05) is 11.6 Å². The van der Waals surface area contributed by atoms with Gasteiger partial charge in [-0.2, -0.15) is 0 Å². The third kappa shape index (κ3) is 2.46. The SMILES string of the molecule is O=C(O)c1cn(Cc2ccc3ncc(Cl)cc3c2)nn1. The monoisotopic (exact) mass is 288 g/mol. The summed E-state index contributed by atoms with van der Waals surface area (Å²) in [6.45, 7) is 0.433. The molecule has 0 amide bonds. The Morgan fingerprint density at radius 1 is 1.35 bits per heavy atom. The molecule has 1 aromatic carbocycles. The number of pyridine rings is 1. The van der Waals surface area contributed by atoms with Crippen LogP contribution in [0.15, 0.2) is 36.7 Å². The fraction of sp³-hybridized carbons (Fsp3) is 0.0769. The summed E-state index contributed by atoms with van der Waals surface area (Å²) in [7, 11) is 0. The average Bonchev–Trinajstić information content (AvgIpc) is 2.87. The summed E-state index contributed by atoms with van der Waals surface area (Å²) in [5.41, 5.74) is 1.74. The lowest BCUT2D eigenvalue weighted by molar-refractivity contribution is 0.0690. The van der Waals surface area contributed by atoms with Crippen LogP contribution in [-0.2, 0) is 6.54 Å². The van der Waals surface area contributed by atoms with Gasteiger partial charge in [-0.15, -0.1) is 5.10 Å². The van der Waals surface area contributed by atoms with Crippen molar-refractivity contribution in [2.75, 3.05) is 0 Å². The van der Waals surface area contributed by atoms with Crippen LogP contribution in [0.3, 0.4) is 0 Å². The Kier molecular flexibility index (Phi) is 3.08. The molecule has 2 aromatic heterocycles. The van der Waals surface area contributed by atoms with Gasteiger partial charge in [0.05, 0.1) is 23.3 Å². The van der Waals surface area contributed by atoms with Gasteiger partial charge < -0.3 is 5.11 Å². The van der Waals surface area contributed by atoms with Crippen LogP contribution in [0, 0.1) is 0 Å². The van der Waals surface area contributed by atoms with Gasteiger partial charge in [0.1, 0.15) is 0 Å². The van der Waals surface area contributed by atoms with Gasteiger partial charge in [0.15, 0.2) is 5.69 Å². The first-order valence-electron chi connectivity index (χ1n) is 5.79. The Balaban J connectivity index is 1.91. The smallest absolute Gasteiger partial charge is 0.358 e. The Hall–Kier alpha value is -2.47. The van der Waals surface area contributed by atoms with E-state index < -0.39 is 5.97 Å². The number of aromatic carboxylic acids is 1. The van der Waals surface area contributed by atoms with Gasteiger partial charge in [0.25, 0.3) is 0 Å². The van der Waals surface area contributed by atoms with Crippen LogP contribution in [0.25, 0.3) is 10.9 Å². The first kappa shape index (κ1) is 12.6. The lowest BCUT2D eigenvalue weighted by Crippen LogP contribution is -2.00. The maximum Gasteiger partial charge on any atom is 0.358 e. The molecule has 0 aliphatic heterocycles. The number of hydrogen-bond acceptors (Lipinski definition) is 4. The van der Waals surface area contributed by atoms with E-state index in [1.54, 1.807) is 6.20 Å². The van der Waals surface area contributed by atoms with Gasteiger partial charge in [-0.05, 0) is 23.8 Å². The minimum Gasteiger partial charge on any atom is -0.476 e. The van der Waals surface area contributed by atoms with Crippen LogP contribution in [0.1, 0.15) is 16.1 Å². The van der Waals surface area contributed by atoms with Crippen LogP contribution >= 0.6 is 11.6 Å². The number of benzene rings is 1. The van der Waals surface area contributed by atoms with Crippen LogP contribution < -0.4 is 0 Å². The van der Waals surface area contributed by atoms with E-state index in [1.807, 2.05) is 24.3 Å². The van der Waals surface area contributed by atoms with E-state index in [0.29, 0.717) is 11.6 Å². The molecule has 3 rings (SSSR count). The van der Waals surface area contributed by atoms with Crippen molar-refractivity contribution in [1.29, 1.82) is 0 Å². The summed E-state index contributed by atoms with van der Waals surface area (Å²) in [5, 5.41) is 17.6. The zero-order valence-electron chi connectivity index (χ0n) is 10.2. The molecule has 100 valence electrons. The molecule has 0 bridgehead atoms. The second-order valence-corrected chi connectivity index (χ2v) is 4.72. The molecular weight excluding hydrogens is 280 g/mol. The highest BCUT2D eigenvalue weighted by Gasteiger charge is 2.08. The molecule has 7 heteroatoms. The number of rotatable bonds is 3. The van der Waals surface area contributed by atoms with E-state index in [4.69, 9.17) is 16.7 Å².